The van der Waals surface area contributed by atoms with Gasteiger partial charge in [0.2, 0.25) is 0 Å². The number of aliphatic carboxylic acids is 1. The molecule has 110 valence electrons. The number of urea groups is 1. The number of thiophene rings is 1. The molecule has 1 aromatic heterocycles. The van der Waals surface area contributed by atoms with Crippen molar-refractivity contribution in [2.45, 2.75) is 44.7 Å². The maximum atomic E-state index is 11.8. The van der Waals surface area contributed by atoms with E-state index in [4.69, 9.17) is 5.11 Å². The standard InChI is InChI=1S/C14H20N2O3S/c1-9(7-12-3-2-6-20-12)15-14(19)16-11-5-4-10(8-11)13(17)18/h2-3,6,9-11H,4-5,7-8H2,1H3,(H,17,18)(H2,15,16,19)/t9?,10-,11+/m1/s1. The van der Waals surface area contributed by atoms with Crippen molar-refractivity contribution in [3.8, 4) is 0 Å². The third-order valence-electron chi connectivity index (χ3n) is 3.58. The van der Waals surface area contributed by atoms with Crippen LogP contribution in [0.4, 0.5) is 4.79 Å². The molecule has 1 aromatic rings. The van der Waals surface area contributed by atoms with Gasteiger partial charge in [-0.3, -0.25) is 4.79 Å². The first kappa shape index (κ1) is 14.8. The van der Waals surface area contributed by atoms with Crippen molar-refractivity contribution >= 4 is 23.3 Å². The minimum Gasteiger partial charge on any atom is -0.481 e. The molecule has 1 fully saturated rings. The van der Waals surface area contributed by atoms with Gasteiger partial charge in [-0.15, -0.1) is 11.3 Å². The molecule has 0 saturated heterocycles. The molecule has 3 N–H and O–H groups in total. The molecule has 0 bridgehead atoms. The summed E-state index contributed by atoms with van der Waals surface area (Å²) in [5, 5.41) is 16.7. The molecule has 1 aliphatic rings. The van der Waals surface area contributed by atoms with E-state index < -0.39 is 5.97 Å². The van der Waals surface area contributed by atoms with Crippen molar-refractivity contribution in [3.63, 3.8) is 0 Å². The summed E-state index contributed by atoms with van der Waals surface area (Å²) in [6.45, 7) is 1.97. The van der Waals surface area contributed by atoms with Crippen LogP contribution in [0.1, 0.15) is 31.1 Å². The van der Waals surface area contributed by atoms with Gasteiger partial charge in [-0.05, 0) is 37.6 Å². The van der Waals surface area contributed by atoms with Crippen molar-refractivity contribution in [2.75, 3.05) is 0 Å². The predicted octanol–water partition coefficient (Wildman–Crippen LogP) is 2.23. The summed E-state index contributed by atoms with van der Waals surface area (Å²) < 4.78 is 0. The monoisotopic (exact) mass is 296 g/mol. The summed E-state index contributed by atoms with van der Waals surface area (Å²) in [6.07, 6.45) is 2.73. The molecule has 1 heterocycles. The molecule has 5 nitrogen and oxygen atoms in total. The third kappa shape index (κ3) is 4.23. The highest BCUT2D eigenvalue weighted by Gasteiger charge is 2.30. The van der Waals surface area contributed by atoms with Crippen LogP contribution in [0.15, 0.2) is 17.5 Å². The van der Waals surface area contributed by atoms with Crippen LogP contribution >= 0.6 is 11.3 Å². The Kier molecular flexibility index (Phi) is 5.00. The fourth-order valence-electron chi connectivity index (χ4n) is 2.57. The second-order valence-electron chi connectivity index (χ2n) is 5.35. The van der Waals surface area contributed by atoms with Gasteiger partial charge in [0, 0.05) is 23.4 Å². The van der Waals surface area contributed by atoms with Crippen molar-refractivity contribution in [1.29, 1.82) is 0 Å². The highest BCUT2D eigenvalue weighted by molar-refractivity contribution is 7.09. The van der Waals surface area contributed by atoms with Gasteiger partial charge in [0.25, 0.3) is 0 Å². The van der Waals surface area contributed by atoms with Gasteiger partial charge in [-0.25, -0.2) is 4.79 Å². The van der Waals surface area contributed by atoms with Crippen LogP contribution in [0.3, 0.4) is 0 Å². The SMILES string of the molecule is CC(Cc1cccs1)NC(=O)N[C@H]1CC[C@@H](C(=O)O)C1. The fraction of sp³-hybridized carbons (Fsp3) is 0.571. The summed E-state index contributed by atoms with van der Waals surface area (Å²) >= 11 is 1.68. The molecule has 3 atom stereocenters. The van der Waals surface area contributed by atoms with Gasteiger partial charge in [-0.1, -0.05) is 6.07 Å². The van der Waals surface area contributed by atoms with Gasteiger partial charge in [0.15, 0.2) is 0 Å². The van der Waals surface area contributed by atoms with Gasteiger partial charge >= 0.3 is 12.0 Å². The zero-order valence-electron chi connectivity index (χ0n) is 11.5. The Bertz CT molecular complexity index is 461. The Morgan fingerprint density at radius 2 is 2.30 bits per heavy atom. The van der Waals surface area contributed by atoms with E-state index in [-0.39, 0.29) is 24.0 Å². The number of amides is 2. The summed E-state index contributed by atoms with van der Waals surface area (Å²) in [4.78, 5) is 23.9. The molecule has 2 rings (SSSR count). The molecule has 1 saturated carbocycles. The lowest BCUT2D eigenvalue weighted by molar-refractivity contribution is -0.141. The van der Waals surface area contributed by atoms with E-state index in [2.05, 4.69) is 16.7 Å². The van der Waals surface area contributed by atoms with E-state index in [0.717, 1.165) is 12.8 Å². The van der Waals surface area contributed by atoms with Crippen LogP contribution in [0.2, 0.25) is 0 Å². The van der Waals surface area contributed by atoms with E-state index in [9.17, 15) is 9.59 Å². The number of hydrogen-bond acceptors (Lipinski definition) is 3. The van der Waals surface area contributed by atoms with Crippen LogP contribution in [-0.4, -0.2) is 29.2 Å². The molecule has 0 aromatic carbocycles. The Morgan fingerprint density at radius 1 is 1.50 bits per heavy atom. The topological polar surface area (TPSA) is 78.4 Å². The lowest BCUT2D eigenvalue weighted by Crippen LogP contribution is -2.45. The number of hydrogen-bond donors (Lipinski definition) is 3. The van der Waals surface area contributed by atoms with Crippen LogP contribution < -0.4 is 10.6 Å². The van der Waals surface area contributed by atoms with E-state index in [1.54, 1.807) is 11.3 Å². The van der Waals surface area contributed by atoms with Crippen LogP contribution in [0.5, 0.6) is 0 Å². The molecule has 20 heavy (non-hydrogen) atoms. The van der Waals surface area contributed by atoms with Crippen LogP contribution in [-0.2, 0) is 11.2 Å². The van der Waals surface area contributed by atoms with E-state index in [0.29, 0.717) is 12.8 Å². The highest BCUT2D eigenvalue weighted by Crippen LogP contribution is 2.25. The Labute approximate surface area is 122 Å². The largest absolute Gasteiger partial charge is 0.481 e. The van der Waals surface area contributed by atoms with Crippen LogP contribution in [0, 0.1) is 5.92 Å². The molecule has 6 heteroatoms. The van der Waals surface area contributed by atoms with Crippen molar-refractivity contribution in [1.82, 2.24) is 10.6 Å². The zero-order chi connectivity index (χ0) is 14.5. The molecule has 1 unspecified atom stereocenters. The normalized spacial score (nSPS) is 23.2. The molecular formula is C14H20N2O3S. The molecule has 0 radical (unpaired) electrons. The molecule has 0 spiro atoms. The number of carboxylic acids is 1. The van der Waals surface area contributed by atoms with Crippen LogP contribution in [0.25, 0.3) is 0 Å². The van der Waals surface area contributed by atoms with E-state index in [1.807, 2.05) is 18.4 Å². The van der Waals surface area contributed by atoms with Gasteiger partial charge in [0.1, 0.15) is 0 Å². The molecule has 1 aliphatic carbocycles. The number of nitrogens with one attached hydrogen (secondary N) is 2. The highest BCUT2D eigenvalue weighted by atomic mass is 32.1. The number of carbonyl (C=O) groups excluding carboxylic acids is 1. The maximum absolute atomic E-state index is 11.8. The predicted molar refractivity (Wildman–Crippen MR) is 77.9 cm³/mol. The number of rotatable bonds is 5. The minimum atomic E-state index is -0.763. The number of carbonyl (C=O) groups is 2. The lowest BCUT2D eigenvalue weighted by Gasteiger charge is -2.17. The molecular weight excluding hydrogens is 276 g/mol. The Hall–Kier alpha value is -1.56. The van der Waals surface area contributed by atoms with E-state index >= 15 is 0 Å². The van der Waals surface area contributed by atoms with Crippen molar-refractivity contribution in [3.05, 3.63) is 22.4 Å². The Morgan fingerprint density at radius 3 is 2.90 bits per heavy atom. The quantitative estimate of drug-likeness (QED) is 0.779. The first-order chi connectivity index (χ1) is 9.54. The van der Waals surface area contributed by atoms with Crippen molar-refractivity contribution < 1.29 is 14.7 Å². The minimum absolute atomic E-state index is 0.0231. The summed E-state index contributed by atoms with van der Waals surface area (Å²) in [6, 6.07) is 3.88. The number of carboxylic acid groups (broad SMARTS) is 1. The average Bonchev–Trinajstić information content (AvgIpc) is 2.99. The summed E-state index contributed by atoms with van der Waals surface area (Å²) in [5.74, 6) is -1.08. The van der Waals surface area contributed by atoms with Gasteiger partial charge in [-0.2, -0.15) is 0 Å². The molecule has 2 amide bonds. The maximum Gasteiger partial charge on any atom is 0.315 e. The third-order valence-corrected chi connectivity index (χ3v) is 4.48. The summed E-state index contributed by atoms with van der Waals surface area (Å²) in [7, 11) is 0. The average molecular weight is 296 g/mol. The molecule has 0 aliphatic heterocycles. The fourth-order valence-corrected chi connectivity index (χ4v) is 3.40. The smallest absolute Gasteiger partial charge is 0.315 e. The van der Waals surface area contributed by atoms with Gasteiger partial charge < -0.3 is 15.7 Å². The zero-order valence-corrected chi connectivity index (χ0v) is 12.3. The van der Waals surface area contributed by atoms with E-state index in [1.165, 1.54) is 4.88 Å². The second kappa shape index (κ2) is 6.74. The van der Waals surface area contributed by atoms with Gasteiger partial charge in [0.05, 0.1) is 5.92 Å². The second-order valence-corrected chi connectivity index (χ2v) is 6.38. The Balaban J connectivity index is 1.71. The summed E-state index contributed by atoms with van der Waals surface area (Å²) in [5.41, 5.74) is 0. The van der Waals surface area contributed by atoms with Crippen molar-refractivity contribution in [2.24, 2.45) is 5.92 Å². The first-order valence-electron chi connectivity index (χ1n) is 6.87. The lowest BCUT2D eigenvalue weighted by atomic mass is 10.1. The first-order valence-corrected chi connectivity index (χ1v) is 7.74.